The van der Waals surface area contributed by atoms with Gasteiger partial charge >= 0.3 is 0 Å². The number of oxazole rings is 1. The molecule has 0 radical (unpaired) electrons. The number of fused-ring (bicyclic) bond motifs is 3. The molecule has 2 saturated heterocycles. The molecule has 1 amide bonds. The molecule has 4 aliphatic rings. The minimum atomic E-state index is -0.383. The van der Waals surface area contributed by atoms with Gasteiger partial charge in [0.15, 0.2) is 11.7 Å². The van der Waals surface area contributed by atoms with Crippen molar-refractivity contribution < 1.29 is 13.9 Å². The van der Waals surface area contributed by atoms with E-state index in [-0.39, 0.29) is 45.8 Å². The summed E-state index contributed by atoms with van der Waals surface area (Å²) in [5.41, 5.74) is 5.81. The molecule has 4 aromatic heterocycles. The number of nitrogens with zero attached hydrogens (tertiary/aromatic N) is 10. The summed E-state index contributed by atoms with van der Waals surface area (Å²) < 4.78 is 14.3. The van der Waals surface area contributed by atoms with Crippen LogP contribution < -0.4 is 15.0 Å². The maximum absolute atomic E-state index is 13.6. The first kappa shape index (κ1) is 45.8. The number of amides is 1. The third-order valence-electron chi connectivity index (χ3n) is 15.0. The van der Waals surface area contributed by atoms with Crippen molar-refractivity contribution >= 4 is 40.5 Å². The molecule has 16 heteroatoms. The van der Waals surface area contributed by atoms with Gasteiger partial charge in [-0.3, -0.25) is 14.4 Å². The van der Waals surface area contributed by atoms with Crippen molar-refractivity contribution in [3.05, 3.63) is 128 Å². The number of hydrogen-bond donors (Lipinski definition) is 1. The van der Waals surface area contributed by atoms with Gasteiger partial charge < -0.3 is 24.3 Å². The highest BCUT2D eigenvalue weighted by Gasteiger charge is 2.64. The molecule has 0 unspecified atom stereocenters. The third-order valence-corrected chi connectivity index (χ3v) is 16.5. The molecule has 3 fully saturated rings. The third kappa shape index (κ3) is 7.97. The molecule has 10 rings (SSSR count). The van der Waals surface area contributed by atoms with E-state index in [2.05, 4.69) is 121 Å². The summed E-state index contributed by atoms with van der Waals surface area (Å²) in [6.45, 7) is 24.2. The number of anilines is 1. The van der Waals surface area contributed by atoms with Gasteiger partial charge in [0.2, 0.25) is 5.95 Å². The van der Waals surface area contributed by atoms with Crippen molar-refractivity contribution in [1.82, 2.24) is 39.9 Å². The van der Waals surface area contributed by atoms with E-state index in [0.29, 0.717) is 40.2 Å². The van der Waals surface area contributed by atoms with Gasteiger partial charge in [-0.1, -0.05) is 77.4 Å². The number of carbonyl (C=O) groups is 1. The topological polar surface area (TPSA) is 163 Å². The minimum Gasteiger partial charge on any atom is -0.489 e. The summed E-state index contributed by atoms with van der Waals surface area (Å²) in [6, 6.07) is 15.7. The SMILES string of the molecule is Cc1sc2c(c1C)C(c1ccc(C(C)(C)CN3CC4(CCCN(c5ncc(C(=O)NC6C(C)(C)C(Oc7ccc(C#N)c(Cl)c7)C6(C)C)cn5)C4)C3)cc1)=N[C@@H](Cc1ncco1)c1nnc(C)n1-2. The lowest BCUT2D eigenvalue weighted by atomic mass is 9.49. The average molecular weight is 953 g/mol. The number of rotatable bonds is 11. The largest absolute Gasteiger partial charge is 0.489 e. The molecule has 3 aliphatic heterocycles. The molecule has 1 spiro atoms. The van der Waals surface area contributed by atoms with Crippen LogP contribution in [0.4, 0.5) is 5.95 Å². The first-order valence-corrected chi connectivity index (χ1v) is 24.6. The van der Waals surface area contributed by atoms with Crippen molar-refractivity contribution in [3.63, 3.8) is 0 Å². The first-order valence-electron chi connectivity index (χ1n) is 23.4. The van der Waals surface area contributed by atoms with E-state index in [4.69, 9.17) is 35.7 Å². The Morgan fingerprint density at radius 3 is 2.43 bits per heavy atom. The number of carbonyl (C=O) groups excluding carboxylic acids is 1. The Bertz CT molecular complexity index is 2940. The molecular formula is C52H58ClN11O3S. The van der Waals surface area contributed by atoms with Crippen molar-refractivity contribution in [2.45, 2.75) is 105 Å². The van der Waals surface area contributed by atoms with Crippen LogP contribution >= 0.6 is 22.9 Å². The molecule has 68 heavy (non-hydrogen) atoms. The molecule has 6 aromatic rings. The number of hydrogen-bond acceptors (Lipinski definition) is 13. The van der Waals surface area contributed by atoms with Crippen LogP contribution in [0.2, 0.25) is 5.02 Å². The van der Waals surface area contributed by atoms with Gasteiger partial charge in [0.25, 0.3) is 5.91 Å². The van der Waals surface area contributed by atoms with Crippen LogP contribution in [0.1, 0.15) is 121 Å². The zero-order valence-electron chi connectivity index (χ0n) is 40.2. The predicted octanol–water partition coefficient (Wildman–Crippen LogP) is 9.18. The van der Waals surface area contributed by atoms with Crippen LogP contribution in [0.15, 0.2) is 76.7 Å². The zero-order chi connectivity index (χ0) is 47.9. The molecule has 7 heterocycles. The number of piperidine rings is 1. The number of aliphatic imine (C=N–C) groups is 1. The average Bonchev–Trinajstić information content (AvgIpc) is 4.02. The molecule has 0 bridgehead atoms. The number of halogens is 1. The van der Waals surface area contributed by atoms with Crippen LogP contribution in [-0.4, -0.2) is 91.1 Å². The fourth-order valence-electron chi connectivity index (χ4n) is 11.8. The van der Waals surface area contributed by atoms with Gasteiger partial charge in [-0.15, -0.1) is 21.5 Å². The second-order valence-corrected chi connectivity index (χ2v) is 22.8. The van der Waals surface area contributed by atoms with E-state index in [1.807, 2.05) is 6.92 Å². The van der Waals surface area contributed by atoms with Crippen molar-refractivity contribution in [2.75, 3.05) is 37.6 Å². The van der Waals surface area contributed by atoms with E-state index in [1.165, 1.54) is 22.4 Å². The highest BCUT2D eigenvalue weighted by Crippen LogP contribution is 2.56. The molecule has 1 atom stereocenters. The first-order chi connectivity index (χ1) is 32.4. The second-order valence-electron chi connectivity index (χ2n) is 21.2. The molecule has 14 nitrogen and oxygen atoms in total. The van der Waals surface area contributed by atoms with Gasteiger partial charge in [0.1, 0.15) is 41.1 Å². The Morgan fingerprint density at radius 2 is 1.75 bits per heavy atom. The quantitative estimate of drug-likeness (QED) is 0.132. The smallest absolute Gasteiger partial charge is 0.254 e. The summed E-state index contributed by atoms with van der Waals surface area (Å²) in [5, 5.41) is 23.1. The molecule has 352 valence electrons. The number of likely N-dealkylation sites (tertiary alicyclic amines) is 1. The molecule has 1 saturated carbocycles. The van der Waals surface area contributed by atoms with Crippen LogP contribution in [0.5, 0.6) is 5.75 Å². The van der Waals surface area contributed by atoms with Gasteiger partial charge in [-0.05, 0) is 56.9 Å². The minimum absolute atomic E-state index is 0.0883. The number of nitriles is 1. The second kappa shape index (κ2) is 16.9. The highest BCUT2D eigenvalue weighted by molar-refractivity contribution is 7.15. The number of thiophene rings is 1. The predicted molar refractivity (Wildman–Crippen MR) is 263 cm³/mol. The summed E-state index contributed by atoms with van der Waals surface area (Å²) in [4.78, 5) is 39.1. The highest BCUT2D eigenvalue weighted by atomic mass is 35.5. The normalized spacial score (nSPS) is 21.4. The zero-order valence-corrected chi connectivity index (χ0v) is 41.8. The van der Waals surface area contributed by atoms with E-state index in [1.54, 1.807) is 54.4 Å². The summed E-state index contributed by atoms with van der Waals surface area (Å²) in [7, 11) is 0. The standard InChI is InChI=1S/C52H58ClN11O3S/c1-30-31(2)68-45-41(30)42(58-39(22-40-55-18-20-66-40)43-61-60-32(3)64(43)45)33-11-14-36(15-12-33)49(4,5)26-62-27-52(28-62)17-10-19-63(29-52)48-56-24-35(25-57-48)44(65)59-46-50(6,7)47(51(46,8)9)67-37-16-13-34(23-54)38(53)21-37/h11-16,18,20-21,24-25,39,46-47H,10,17,19,22,26-29H2,1-9H3,(H,59,65)/t39-,46?,47?/m0/s1. The lowest BCUT2D eigenvalue weighted by Crippen LogP contribution is -2.74. The monoisotopic (exact) mass is 951 g/mol. The number of nitrogens with one attached hydrogen (secondary N) is 1. The van der Waals surface area contributed by atoms with E-state index >= 15 is 0 Å². The fraction of sp³-hybridized carbons (Fsp3) is 0.462. The lowest BCUT2D eigenvalue weighted by Gasteiger charge is -2.63. The summed E-state index contributed by atoms with van der Waals surface area (Å²) in [6.07, 6.45) is 9.10. The summed E-state index contributed by atoms with van der Waals surface area (Å²) in [5.74, 6) is 3.30. The Balaban J connectivity index is 0.771. The van der Waals surface area contributed by atoms with Crippen molar-refractivity contribution in [3.8, 4) is 16.8 Å². The number of ether oxygens (including phenoxy) is 1. The molecule has 2 aromatic carbocycles. The maximum Gasteiger partial charge on any atom is 0.254 e. The Kier molecular flexibility index (Phi) is 11.4. The van der Waals surface area contributed by atoms with Gasteiger partial charge in [0, 0.05) is 94.9 Å². The Hall–Kier alpha value is -5.95. The van der Waals surface area contributed by atoms with E-state index in [9.17, 15) is 10.1 Å². The van der Waals surface area contributed by atoms with Crippen molar-refractivity contribution in [1.29, 1.82) is 5.26 Å². The maximum atomic E-state index is 13.6. The number of aromatic nitrogens is 6. The molecular weight excluding hydrogens is 894 g/mol. The fourth-order valence-corrected chi connectivity index (χ4v) is 13.3. The van der Waals surface area contributed by atoms with E-state index in [0.717, 1.165) is 72.6 Å². The number of benzene rings is 2. The number of aryl methyl sites for hydroxylation is 2. The van der Waals surface area contributed by atoms with Crippen LogP contribution in [0.25, 0.3) is 5.00 Å². The van der Waals surface area contributed by atoms with Crippen LogP contribution in [0, 0.1) is 48.3 Å². The Morgan fingerprint density at radius 1 is 1.01 bits per heavy atom. The summed E-state index contributed by atoms with van der Waals surface area (Å²) >= 11 is 8.05. The van der Waals surface area contributed by atoms with Crippen LogP contribution in [-0.2, 0) is 11.8 Å². The van der Waals surface area contributed by atoms with Crippen molar-refractivity contribution in [2.24, 2.45) is 21.2 Å². The van der Waals surface area contributed by atoms with Gasteiger partial charge in [0.05, 0.1) is 34.5 Å². The molecule has 1 N–H and O–H groups in total. The van der Waals surface area contributed by atoms with E-state index < -0.39 is 0 Å². The van der Waals surface area contributed by atoms with Gasteiger partial charge in [-0.2, -0.15) is 5.26 Å². The lowest BCUT2D eigenvalue weighted by molar-refractivity contribution is -0.164. The molecule has 1 aliphatic carbocycles. The van der Waals surface area contributed by atoms with Crippen LogP contribution in [0.3, 0.4) is 0 Å². The Labute approximate surface area is 406 Å². The van der Waals surface area contributed by atoms with Gasteiger partial charge in [-0.25, -0.2) is 15.0 Å².